The van der Waals surface area contributed by atoms with Crippen molar-refractivity contribution in [2.45, 2.75) is 37.8 Å². The van der Waals surface area contributed by atoms with Gasteiger partial charge in [-0.3, -0.25) is 4.55 Å². The van der Waals surface area contributed by atoms with E-state index in [1.165, 1.54) is 36.4 Å². The van der Waals surface area contributed by atoms with E-state index >= 15 is 0 Å². The van der Waals surface area contributed by atoms with Gasteiger partial charge in [0.2, 0.25) is 0 Å². The van der Waals surface area contributed by atoms with E-state index in [1.54, 1.807) is 6.92 Å². The number of azo groups is 2. The molecule has 0 saturated carbocycles. The minimum atomic E-state index is -5.12. The van der Waals surface area contributed by atoms with Gasteiger partial charge < -0.3 is 25.6 Å². The Morgan fingerprint density at radius 1 is 0.836 bits per heavy atom. The van der Waals surface area contributed by atoms with Crippen molar-refractivity contribution in [1.29, 1.82) is 0 Å². The summed E-state index contributed by atoms with van der Waals surface area (Å²) >= 11 is 1.37. The Morgan fingerprint density at radius 3 is 2.20 bits per heavy atom. The van der Waals surface area contributed by atoms with E-state index in [-0.39, 0.29) is 61.4 Å². The van der Waals surface area contributed by atoms with Crippen LogP contribution in [0, 0.1) is 0 Å². The molecular weight excluding hydrogens is 835 g/mol. The average molecular weight is 864 g/mol. The van der Waals surface area contributed by atoms with Crippen molar-refractivity contribution < 1.29 is 74.8 Å². The number of benzene rings is 4. The van der Waals surface area contributed by atoms with Gasteiger partial charge in [-0.25, -0.2) is 18.9 Å². The number of hydrogen-bond acceptors (Lipinski definition) is 23. The van der Waals surface area contributed by atoms with Gasteiger partial charge in [-0.2, -0.15) is 8.42 Å². The molecule has 0 fully saturated rings. The second-order valence-corrected chi connectivity index (χ2v) is 16.0. The molecule has 0 bridgehead atoms. The highest BCUT2D eigenvalue weighted by molar-refractivity contribution is 7.95. The third kappa shape index (κ3) is 11.5. The number of rotatable bonds is 21. The Bertz CT molecular complexity index is 2300. The van der Waals surface area contributed by atoms with Crippen LogP contribution >= 0.6 is 36.1 Å². The van der Waals surface area contributed by atoms with Crippen molar-refractivity contribution in [2.75, 3.05) is 24.7 Å². The molecule has 0 saturated heterocycles. The highest BCUT2D eigenvalue weighted by atomic mass is 32.2. The monoisotopic (exact) mass is 863 g/mol. The van der Waals surface area contributed by atoms with Crippen LogP contribution in [0.3, 0.4) is 0 Å². The zero-order valence-corrected chi connectivity index (χ0v) is 31.9. The summed E-state index contributed by atoms with van der Waals surface area (Å²) in [7, 11) is -8.96. The maximum atomic E-state index is 12.9. The third-order valence-electron chi connectivity index (χ3n) is 6.80. The van der Waals surface area contributed by atoms with E-state index in [2.05, 4.69) is 50.7 Å². The summed E-state index contributed by atoms with van der Waals surface area (Å²) in [6.07, 6.45) is 1.23. The molecule has 4 aromatic rings. The lowest BCUT2D eigenvalue weighted by Gasteiger charge is -2.14. The van der Waals surface area contributed by atoms with Crippen LogP contribution in [-0.4, -0.2) is 61.1 Å². The maximum absolute atomic E-state index is 12.9. The van der Waals surface area contributed by atoms with Gasteiger partial charge >= 0.3 is 0 Å². The van der Waals surface area contributed by atoms with Crippen LogP contribution in [0.2, 0.25) is 0 Å². The molecule has 0 atom stereocenters. The number of phenols is 2. The fourth-order valence-electron chi connectivity index (χ4n) is 4.45. The molecule has 0 unspecified atom stereocenters. The molecule has 0 spiro atoms. The molecule has 21 nitrogen and oxygen atoms in total. The molecular formula is C29H29N5O16S5. The van der Waals surface area contributed by atoms with Crippen LogP contribution in [0.25, 0.3) is 10.8 Å². The van der Waals surface area contributed by atoms with E-state index in [0.717, 1.165) is 30.4 Å². The van der Waals surface area contributed by atoms with Crippen LogP contribution in [0.4, 0.5) is 28.4 Å². The quantitative estimate of drug-likeness (QED) is 0.00674. The molecule has 0 aliphatic rings. The van der Waals surface area contributed by atoms with E-state index in [9.17, 15) is 31.6 Å². The van der Waals surface area contributed by atoms with E-state index in [0.29, 0.717) is 35.6 Å². The smallest absolute Gasteiger partial charge is 0.296 e. The molecule has 4 aromatic carbocycles. The second kappa shape index (κ2) is 20.2. The minimum absolute atomic E-state index is 0.0831. The van der Waals surface area contributed by atoms with Gasteiger partial charge in [0.25, 0.3) is 10.1 Å². The highest BCUT2D eigenvalue weighted by Crippen LogP contribution is 2.50. The number of anilines is 1. The standard InChI is InChI=1S/C29H29N5O16S5/c1-3-44-10-5-11-54(39,40)18-7-8-19(22(15-18)52-49-46-37)31-34-28-24(55(41,42)43)13-16-12-23(53-50-47-38)27(29(36)25(16)26(28)30)33-32-20-14-17(6-9-21(20)35)51-48-45-4-2/h4,6-9,12-15,35-38H,2-3,5,10-11,30H2,1H3,(H,41,42,43). The minimum Gasteiger partial charge on any atom is -0.506 e. The molecule has 4 rings (SSSR count). The Labute approximate surface area is 324 Å². The fourth-order valence-corrected chi connectivity index (χ4v) is 7.93. The van der Waals surface area contributed by atoms with Crippen LogP contribution in [0.1, 0.15) is 13.3 Å². The number of fused-ring (bicyclic) bond motifs is 1. The summed E-state index contributed by atoms with van der Waals surface area (Å²) in [5, 5.41) is 62.1. The number of sulfone groups is 1. The molecule has 0 aliphatic heterocycles. The number of nitrogen functional groups attached to an aromatic ring is 1. The number of aromatic hydroxyl groups is 2. The number of ether oxygens (including phenoxy) is 1. The normalized spacial score (nSPS) is 12.3. The highest BCUT2D eigenvalue weighted by Gasteiger charge is 2.26. The largest absolute Gasteiger partial charge is 0.506 e. The number of hydrogen-bond donors (Lipinski definition) is 6. The molecule has 0 aromatic heterocycles. The van der Waals surface area contributed by atoms with Gasteiger partial charge in [-0.15, -0.1) is 33.5 Å². The molecule has 0 heterocycles. The predicted octanol–water partition coefficient (Wildman–Crippen LogP) is 8.07. The van der Waals surface area contributed by atoms with Crippen LogP contribution < -0.4 is 5.73 Å². The van der Waals surface area contributed by atoms with Gasteiger partial charge in [0.15, 0.2) is 15.6 Å². The van der Waals surface area contributed by atoms with Crippen LogP contribution in [-0.2, 0) is 52.7 Å². The predicted molar refractivity (Wildman–Crippen MR) is 195 cm³/mol. The van der Waals surface area contributed by atoms with Gasteiger partial charge in [-0.1, -0.05) is 16.7 Å². The Morgan fingerprint density at radius 2 is 1.53 bits per heavy atom. The van der Waals surface area contributed by atoms with Gasteiger partial charge in [0.05, 0.1) is 67.6 Å². The van der Waals surface area contributed by atoms with E-state index < -0.39 is 47.7 Å². The Kier molecular flexibility index (Phi) is 16.0. The number of nitrogens with zero attached hydrogens (tertiary/aromatic N) is 4. The lowest BCUT2D eigenvalue weighted by Crippen LogP contribution is -2.09. The summed E-state index contributed by atoms with van der Waals surface area (Å²) < 4.78 is 80.2. The molecule has 55 heavy (non-hydrogen) atoms. The second-order valence-electron chi connectivity index (χ2n) is 10.2. The van der Waals surface area contributed by atoms with Crippen molar-refractivity contribution in [3.8, 4) is 11.5 Å². The van der Waals surface area contributed by atoms with Gasteiger partial charge in [-0.05, 0) is 67.3 Å². The molecule has 0 amide bonds. The first kappa shape index (κ1) is 43.6. The lowest BCUT2D eigenvalue weighted by atomic mass is 10.1. The van der Waals surface area contributed by atoms with Crippen molar-refractivity contribution in [1.82, 2.24) is 0 Å². The lowest BCUT2D eigenvalue weighted by molar-refractivity contribution is -0.432. The molecule has 26 heteroatoms. The van der Waals surface area contributed by atoms with Gasteiger partial charge in [0.1, 0.15) is 39.7 Å². The zero-order chi connectivity index (χ0) is 40.2. The summed E-state index contributed by atoms with van der Waals surface area (Å²) in [4.78, 5) is 3.71. The van der Waals surface area contributed by atoms with Crippen LogP contribution in [0.15, 0.2) is 106 Å². The molecule has 0 radical (unpaired) electrons. The average Bonchev–Trinajstić information content (AvgIpc) is 3.14. The first-order valence-electron chi connectivity index (χ1n) is 14.9. The van der Waals surface area contributed by atoms with Crippen molar-refractivity contribution in [3.05, 3.63) is 61.4 Å². The first-order chi connectivity index (χ1) is 26.2. The fraction of sp³-hybridized carbons (Fsp3) is 0.172. The zero-order valence-electron chi connectivity index (χ0n) is 27.9. The number of nitrogens with two attached hydrogens (primary N) is 1. The van der Waals surface area contributed by atoms with E-state index in [4.69, 9.17) is 25.3 Å². The SMILES string of the molecule is C=COOSc1ccc(O)c(N=Nc2c(SOOO)cc3cc(S(=O)(=O)O)c(N=Nc4ccc(S(=O)(=O)CCCOCC)cc4SOOO)c(N)c3c2O)c1. The Hall–Kier alpha value is -4.13. The summed E-state index contributed by atoms with van der Waals surface area (Å²) in [5.41, 5.74) is 4.45. The van der Waals surface area contributed by atoms with Crippen molar-refractivity contribution >= 4 is 95.3 Å². The van der Waals surface area contributed by atoms with Crippen LogP contribution in [0.5, 0.6) is 11.5 Å². The van der Waals surface area contributed by atoms with Gasteiger partial charge in [0, 0.05) is 18.1 Å². The topological polar surface area (TPSA) is 309 Å². The summed E-state index contributed by atoms with van der Waals surface area (Å²) in [6, 6.07) is 9.65. The van der Waals surface area contributed by atoms with Crippen molar-refractivity contribution in [2.24, 2.45) is 20.5 Å². The third-order valence-corrected chi connectivity index (χ3v) is 11.3. The molecule has 0 aliphatic carbocycles. The Balaban J connectivity index is 1.86. The first-order valence-corrected chi connectivity index (χ1v) is 20.2. The van der Waals surface area contributed by atoms with E-state index in [1.807, 2.05) is 0 Å². The molecule has 7 N–H and O–H groups in total. The summed E-state index contributed by atoms with van der Waals surface area (Å²) in [6.45, 7) is 5.72. The van der Waals surface area contributed by atoms with Crippen molar-refractivity contribution in [3.63, 3.8) is 0 Å². The molecule has 296 valence electrons. The number of phenolic OH excluding ortho intramolecular Hbond substituents is 2. The maximum Gasteiger partial charge on any atom is 0.296 e. The summed E-state index contributed by atoms with van der Waals surface area (Å²) in [5.74, 6) is -1.36.